The van der Waals surface area contributed by atoms with E-state index in [1.807, 2.05) is 29.2 Å². The van der Waals surface area contributed by atoms with Crippen LogP contribution in [0.1, 0.15) is 12.5 Å². The SMILES string of the molecule is CCNC(=NCC1CN(C)CCN1C)N1CCN(C(=O)Cc2cccc(Cl)c2)CC1. The summed E-state index contributed by atoms with van der Waals surface area (Å²) in [5.74, 6) is 1.12. The number of hydrogen-bond donors (Lipinski definition) is 1. The molecular weight excluding hydrogens is 400 g/mol. The van der Waals surface area contributed by atoms with Gasteiger partial charge in [-0.2, -0.15) is 0 Å². The minimum Gasteiger partial charge on any atom is -0.357 e. The van der Waals surface area contributed by atoms with E-state index in [0.717, 1.165) is 70.4 Å². The van der Waals surface area contributed by atoms with E-state index in [2.05, 4.69) is 41.0 Å². The Morgan fingerprint density at radius 3 is 2.57 bits per heavy atom. The molecule has 0 saturated carbocycles. The molecule has 1 atom stereocenters. The number of rotatable bonds is 5. The molecule has 8 heteroatoms. The molecule has 1 amide bonds. The van der Waals surface area contributed by atoms with Gasteiger partial charge in [-0.05, 0) is 38.7 Å². The minimum atomic E-state index is 0.158. The summed E-state index contributed by atoms with van der Waals surface area (Å²) in [4.78, 5) is 26.6. The van der Waals surface area contributed by atoms with Gasteiger partial charge in [0.1, 0.15) is 0 Å². The normalized spacial score (nSPS) is 21.7. The fourth-order valence-corrected chi connectivity index (χ4v) is 4.23. The van der Waals surface area contributed by atoms with Gasteiger partial charge in [0, 0.05) is 63.4 Å². The molecule has 0 aromatic heterocycles. The number of nitrogens with zero attached hydrogens (tertiary/aromatic N) is 5. The van der Waals surface area contributed by atoms with E-state index < -0.39 is 0 Å². The summed E-state index contributed by atoms with van der Waals surface area (Å²) in [6, 6.07) is 7.99. The number of carbonyl (C=O) groups is 1. The van der Waals surface area contributed by atoms with Crippen molar-refractivity contribution in [2.24, 2.45) is 4.99 Å². The Hall–Kier alpha value is -1.83. The second kappa shape index (κ2) is 11.0. The van der Waals surface area contributed by atoms with E-state index in [9.17, 15) is 4.79 Å². The first-order valence-electron chi connectivity index (χ1n) is 10.9. The number of piperazine rings is 2. The molecule has 2 fully saturated rings. The second-order valence-corrected chi connectivity index (χ2v) is 8.70. The van der Waals surface area contributed by atoms with E-state index in [4.69, 9.17) is 16.6 Å². The van der Waals surface area contributed by atoms with E-state index >= 15 is 0 Å². The lowest BCUT2D eigenvalue weighted by atomic mass is 10.1. The number of aliphatic imine (C=N–C) groups is 1. The molecule has 2 aliphatic heterocycles. The molecule has 3 rings (SSSR count). The number of amides is 1. The van der Waals surface area contributed by atoms with Crippen LogP contribution in [0.4, 0.5) is 0 Å². The van der Waals surface area contributed by atoms with Gasteiger partial charge in [0.05, 0.1) is 13.0 Å². The third kappa shape index (κ3) is 6.33. The number of guanidine groups is 1. The number of nitrogens with one attached hydrogen (secondary N) is 1. The van der Waals surface area contributed by atoms with Gasteiger partial charge in [0.2, 0.25) is 5.91 Å². The number of hydrogen-bond acceptors (Lipinski definition) is 4. The number of carbonyl (C=O) groups excluding carboxylic acids is 1. The summed E-state index contributed by atoms with van der Waals surface area (Å²) in [6.07, 6.45) is 0.399. The summed E-state index contributed by atoms with van der Waals surface area (Å²) in [6.45, 7) is 10.0. The molecule has 0 spiro atoms. The van der Waals surface area contributed by atoms with Gasteiger partial charge in [0.15, 0.2) is 5.96 Å². The van der Waals surface area contributed by atoms with Crippen molar-refractivity contribution in [1.29, 1.82) is 0 Å². The molecular formula is C22H35ClN6O. The Kier molecular flexibility index (Phi) is 8.36. The molecule has 2 aliphatic rings. The van der Waals surface area contributed by atoms with Gasteiger partial charge >= 0.3 is 0 Å². The maximum Gasteiger partial charge on any atom is 0.227 e. The Labute approximate surface area is 185 Å². The highest BCUT2D eigenvalue weighted by Gasteiger charge is 2.25. The topological polar surface area (TPSA) is 54.4 Å². The quantitative estimate of drug-likeness (QED) is 0.558. The monoisotopic (exact) mass is 434 g/mol. The zero-order valence-corrected chi connectivity index (χ0v) is 19.2. The average Bonchev–Trinajstić information content (AvgIpc) is 2.73. The largest absolute Gasteiger partial charge is 0.357 e. The molecule has 1 aromatic carbocycles. The highest BCUT2D eigenvalue weighted by Crippen LogP contribution is 2.13. The molecule has 2 saturated heterocycles. The highest BCUT2D eigenvalue weighted by atomic mass is 35.5. The molecule has 0 radical (unpaired) electrons. The predicted molar refractivity (Wildman–Crippen MR) is 123 cm³/mol. The Balaban J connectivity index is 1.53. The first-order valence-corrected chi connectivity index (χ1v) is 11.3. The van der Waals surface area contributed by atoms with Crippen molar-refractivity contribution in [3.05, 3.63) is 34.9 Å². The fraction of sp³-hybridized carbons (Fsp3) is 0.636. The molecule has 1 unspecified atom stereocenters. The van der Waals surface area contributed by atoms with Crippen molar-refractivity contribution in [1.82, 2.24) is 24.9 Å². The molecule has 7 nitrogen and oxygen atoms in total. The average molecular weight is 435 g/mol. The van der Waals surface area contributed by atoms with Crippen LogP contribution >= 0.6 is 11.6 Å². The van der Waals surface area contributed by atoms with Gasteiger partial charge < -0.3 is 20.0 Å². The molecule has 30 heavy (non-hydrogen) atoms. The van der Waals surface area contributed by atoms with Gasteiger partial charge in [-0.1, -0.05) is 23.7 Å². The van der Waals surface area contributed by atoms with Crippen molar-refractivity contribution in [3.8, 4) is 0 Å². The summed E-state index contributed by atoms with van der Waals surface area (Å²) >= 11 is 6.04. The number of likely N-dealkylation sites (N-methyl/N-ethyl adjacent to an activating group) is 2. The van der Waals surface area contributed by atoms with E-state index in [-0.39, 0.29) is 5.91 Å². The summed E-state index contributed by atoms with van der Waals surface area (Å²) in [5, 5.41) is 4.11. The lowest BCUT2D eigenvalue weighted by Gasteiger charge is -2.38. The highest BCUT2D eigenvalue weighted by molar-refractivity contribution is 6.30. The first kappa shape index (κ1) is 22.8. The van der Waals surface area contributed by atoms with Crippen molar-refractivity contribution >= 4 is 23.5 Å². The Bertz CT molecular complexity index is 734. The Morgan fingerprint density at radius 1 is 1.13 bits per heavy atom. The van der Waals surface area contributed by atoms with E-state index in [0.29, 0.717) is 17.5 Å². The second-order valence-electron chi connectivity index (χ2n) is 8.27. The lowest BCUT2D eigenvalue weighted by molar-refractivity contribution is -0.131. The van der Waals surface area contributed by atoms with Crippen LogP contribution in [0.15, 0.2) is 29.3 Å². The van der Waals surface area contributed by atoms with Crippen LogP contribution in [0, 0.1) is 0 Å². The molecule has 1 N–H and O–H groups in total. The van der Waals surface area contributed by atoms with Crippen LogP contribution in [-0.2, 0) is 11.2 Å². The summed E-state index contributed by atoms with van der Waals surface area (Å²) in [5.41, 5.74) is 0.964. The number of benzene rings is 1. The maximum atomic E-state index is 12.7. The van der Waals surface area contributed by atoms with E-state index in [1.165, 1.54) is 0 Å². The fourth-order valence-electron chi connectivity index (χ4n) is 4.02. The van der Waals surface area contributed by atoms with Gasteiger partial charge in [-0.3, -0.25) is 14.7 Å². The summed E-state index contributed by atoms with van der Waals surface area (Å²) < 4.78 is 0. The van der Waals surface area contributed by atoms with Gasteiger partial charge in [-0.15, -0.1) is 0 Å². The minimum absolute atomic E-state index is 0.158. The predicted octanol–water partition coefficient (Wildman–Crippen LogP) is 1.24. The molecule has 2 heterocycles. The molecule has 1 aromatic rings. The zero-order chi connectivity index (χ0) is 21.5. The first-order chi connectivity index (χ1) is 14.5. The summed E-state index contributed by atoms with van der Waals surface area (Å²) in [7, 11) is 4.36. The van der Waals surface area contributed by atoms with Gasteiger partial charge in [0.25, 0.3) is 0 Å². The Morgan fingerprint density at radius 2 is 1.87 bits per heavy atom. The zero-order valence-electron chi connectivity index (χ0n) is 18.5. The van der Waals surface area contributed by atoms with Crippen LogP contribution in [0.3, 0.4) is 0 Å². The molecule has 0 aliphatic carbocycles. The van der Waals surface area contributed by atoms with Crippen LogP contribution in [0.25, 0.3) is 0 Å². The standard InChI is InChI=1S/C22H35ClN6O/c1-4-24-22(25-16-20-17-26(2)8-9-27(20)3)29-12-10-28(11-13-29)21(30)15-18-6-5-7-19(23)14-18/h5-7,14,20H,4,8-13,15-17H2,1-3H3,(H,24,25). The third-order valence-electron chi connectivity index (χ3n) is 5.94. The number of halogens is 1. The van der Waals surface area contributed by atoms with Crippen molar-refractivity contribution < 1.29 is 4.79 Å². The smallest absolute Gasteiger partial charge is 0.227 e. The molecule has 0 bridgehead atoms. The van der Waals surface area contributed by atoms with Crippen molar-refractivity contribution in [2.75, 3.05) is 73.0 Å². The third-order valence-corrected chi connectivity index (χ3v) is 6.18. The van der Waals surface area contributed by atoms with Gasteiger partial charge in [-0.25, -0.2) is 0 Å². The van der Waals surface area contributed by atoms with E-state index in [1.54, 1.807) is 0 Å². The molecule has 166 valence electrons. The van der Waals surface area contributed by atoms with Crippen LogP contribution in [0.2, 0.25) is 5.02 Å². The lowest BCUT2D eigenvalue weighted by Crippen LogP contribution is -2.55. The maximum absolute atomic E-state index is 12.7. The van der Waals surface area contributed by atoms with Crippen LogP contribution in [0.5, 0.6) is 0 Å². The van der Waals surface area contributed by atoms with Crippen LogP contribution < -0.4 is 5.32 Å². The van der Waals surface area contributed by atoms with Crippen LogP contribution in [-0.4, -0.2) is 111 Å². The van der Waals surface area contributed by atoms with Crippen molar-refractivity contribution in [3.63, 3.8) is 0 Å². The van der Waals surface area contributed by atoms with Crippen molar-refractivity contribution in [2.45, 2.75) is 19.4 Å².